The van der Waals surface area contributed by atoms with Crippen LogP contribution in [0.3, 0.4) is 0 Å². The summed E-state index contributed by atoms with van der Waals surface area (Å²) in [6, 6.07) is 11.7. The Morgan fingerprint density at radius 2 is 1.83 bits per heavy atom. The van der Waals surface area contributed by atoms with E-state index in [1.807, 2.05) is 0 Å². The lowest BCUT2D eigenvalue weighted by Gasteiger charge is -2.11. The molecule has 1 aromatic heterocycles. The summed E-state index contributed by atoms with van der Waals surface area (Å²) in [5.74, 6) is -0.113. The minimum Gasteiger partial charge on any atom is -0.493 e. The molecule has 0 saturated carbocycles. The van der Waals surface area contributed by atoms with Gasteiger partial charge in [-0.25, -0.2) is 0 Å². The molecule has 0 aliphatic rings. The van der Waals surface area contributed by atoms with Crippen molar-refractivity contribution in [3.05, 3.63) is 75.0 Å². The van der Waals surface area contributed by atoms with E-state index >= 15 is 0 Å². The molecule has 0 radical (unpaired) electrons. The lowest BCUT2D eigenvalue weighted by atomic mass is 10.2. The normalized spacial score (nSPS) is 10.3. The van der Waals surface area contributed by atoms with Crippen LogP contribution >= 0.6 is 0 Å². The predicted molar refractivity (Wildman–Crippen MR) is 104 cm³/mol. The molecule has 1 amide bonds. The first-order chi connectivity index (χ1) is 14.4. The van der Waals surface area contributed by atoms with E-state index in [0.29, 0.717) is 11.5 Å². The molecular weight excluding hydrogens is 398 g/mol. The molecule has 0 fully saturated rings. The number of para-hydroxylation sites is 2. The van der Waals surface area contributed by atoms with E-state index in [9.17, 15) is 25.0 Å². The van der Waals surface area contributed by atoms with Crippen molar-refractivity contribution in [3.8, 4) is 17.2 Å². The molecule has 3 rings (SSSR count). The van der Waals surface area contributed by atoms with Crippen LogP contribution in [0.15, 0.2) is 54.7 Å². The summed E-state index contributed by atoms with van der Waals surface area (Å²) in [6.07, 6.45) is 1.28. The van der Waals surface area contributed by atoms with Crippen LogP contribution in [-0.4, -0.2) is 32.6 Å². The van der Waals surface area contributed by atoms with E-state index < -0.39 is 21.6 Å². The number of rotatable bonds is 8. The molecule has 0 saturated heterocycles. The highest BCUT2D eigenvalue weighted by Crippen LogP contribution is 2.34. The molecule has 0 atom stereocenters. The van der Waals surface area contributed by atoms with Gasteiger partial charge in [-0.2, -0.15) is 4.68 Å². The van der Waals surface area contributed by atoms with Crippen LogP contribution in [0.2, 0.25) is 0 Å². The quantitative estimate of drug-likeness (QED) is 0.437. The molecule has 0 aliphatic carbocycles. The molecule has 0 aliphatic heterocycles. The molecule has 12 nitrogen and oxygen atoms in total. The second kappa shape index (κ2) is 8.68. The van der Waals surface area contributed by atoms with E-state index in [-0.39, 0.29) is 23.7 Å². The van der Waals surface area contributed by atoms with Crippen LogP contribution in [0, 0.1) is 20.2 Å². The number of nitro benzene ring substituents is 1. The minimum absolute atomic E-state index is 0.110. The molecule has 0 unspecified atom stereocenters. The van der Waals surface area contributed by atoms with E-state index in [2.05, 4.69) is 10.4 Å². The highest BCUT2D eigenvalue weighted by molar-refractivity contribution is 5.91. The van der Waals surface area contributed by atoms with Crippen molar-refractivity contribution in [1.82, 2.24) is 9.78 Å². The molecule has 154 valence electrons. The molecule has 3 aromatic rings. The summed E-state index contributed by atoms with van der Waals surface area (Å²) < 4.78 is 12.0. The van der Waals surface area contributed by atoms with Crippen LogP contribution in [0.1, 0.15) is 0 Å². The predicted octanol–water partition coefficient (Wildman–Crippen LogP) is 3.14. The van der Waals surface area contributed by atoms with Gasteiger partial charge in [0, 0.05) is 12.1 Å². The maximum Gasteiger partial charge on any atom is 0.389 e. The summed E-state index contributed by atoms with van der Waals surface area (Å²) in [7, 11) is 1.46. The number of hydrogen-bond donors (Lipinski definition) is 1. The van der Waals surface area contributed by atoms with Gasteiger partial charge in [-0.3, -0.25) is 14.9 Å². The van der Waals surface area contributed by atoms with Gasteiger partial charge >= 0.3 is 5.82 Å². The first kappa shape index (κ1) is 20.3. The minimum atomic E-state index is -0.684. The Morgan fingerprint density at radius 1 is 1.10 bits per heavy atom. The van der Waals surface area contributed by atoms with Crippen molar-refractivity contribution in [2.45, 2.75) is 6.54 Å². The van der Waals surface area contributed by atoms with Gasteiger partial charge in [-0.05, 0) is 17.1 Å². The van der Waals surface area contributed by atoms with Crippen molar-refractivity contribution in [3.63, 3.8) is 0 Å². The van der Waals surface area contributed by atoms with Crippen molar-refractivity contribution in [2.24, 2.45) is 0 Å². The topological polar surface area (TPSA) is 152 Å². The molecule has 1 heterocycles. The number of nitro groups is 2. The Balaban J connectivity index is 1.80. The smallest absolute Gasteiger partial charge is 0.389 e. The highest BCUT2D eigenvalue weighted by Gasteiger charge is 2.17. The number of carbonyl (C=O) groups excluding carboxylic acids is 1. The summed E-state index contributed by atoms with van der Waals surface area (Å²) in [5.41, 5.74) is -0.187. The second-order valence-electron chi connectivity index (χ2n) is 5.90. The van der Waals surface area contributed by atoms with E-state index in [4.69, 9.17) is 9.47 Å². The number of non-ortho nitro benzene ring substituents is 1. The Morgan fingerprint density at radius 3 is 2.47 bits per heavy atom. The zero-order valence-electron chi connectivity index (χ0n) is 15.5. The van der Waals surface area contributed by atoms with Crippen molar-refractivity contribution in [1.29, 1.82) is 0 Å². The van der Waals surface area contributed by atoms with Gasteiger partial charge in [0.1, 0.15) is 12.3 Å². The van der Waals surface area contributed by atoms with Crippen LogP contribution < -0.4 is 14.8 Å². The van der Waals surface area contributed by atoms with Crippen LogP contribution in [-0.2, 0) is 11.3 Å². The largest absolute Gasteiger partial charge is 0.493 e. The Bertz CT molecular complexity index is 1110. The third kappa shape index (κ3) is 4.86. The van der Waals surface area contributed by atoms with Gasteiger partial charge in [0.25, 0.3) is 5.69 Å². The Labute approximate surface area is 168 Å². The van der Waals surface area contributed by atoms with Gasteiger partial charge in [0.2, 0.25) is 5.91 Å². The average molecular weight is 413 g/mol. The first-order valence-electron chi connectivity index (χ1n) is 8.44. The molecule has 0 spiro atoms. The molecule has 30 heavy (non-hydrogen) atoms. The van der Waals surface area contributed by atoms with Gasteiger partial charge < -0.3 is 24.9 Å². The zero-order valence-corrected chi connectivity index (χ0v) is 15.5. The number of nitrogens with zero attached hydrogens (tertiary/aromatic N) is 4. The maximum absolute atomic E-state index is 12.2. The number of carbonyl (C=O) groups is 1. The molecular formula is C18H15N5O7. The van der Waals surface area contributed by atoms with E-state index in [1.54, 1.807) is 24.3 Å². The third-order valence-corrected chi connectivity index (χ3v) is 3.80. The number of aromatic nitrogens is 2. The van der Waals surface area contributed by atoms with Crippen LogP contribution in [0.4, 0.5) is 17.2 Å². The summed E-state index contributed by atoms with van der Waals surface area (Å²) in [5, 5.41) is 28.1. The zero-order chi connectivity index (χ0) is 21.7. The van der Waals surface area contributed by atoms with Crippen molar-refractivity contribution < 1.29 is 24.1 Å². The molecule has 12 heteroatoms. The summed E-state index contributed by atoms with van der Waals surface area (Å²) >= 11 is 0. The van der Waals surface area contributed by atoms with Crippen LogP contribution in [0.5, 0.6) is 17.2 Å². The Hall–Kier alpha value is -4.48. The number of hydrogen-bond acceptors (Lipinski definition) is 8. The fraction of sp³-hybridized carbons (Fsp3) is 0.111. The molecule has 1 N–H and O–H groups in total. The number of nitrogens with one attached hydrogen (secondary N) is 1. The second-order valence-corrected chi connectivity index (χ2v) is 5.90. The lowest BCUT2D eigenvalue weighted by molar-refractivity contribution is -0.389. The number of benzene rings is 2. The fourth-order valence-electron chi connectivity index (χ4n) is 2.53. The van der Waals surface area contributed by atoms with Gasteiger partial charge in [-0.1, -0.05) is 12.1 Å². The summed E-state index contributed by atoms with van der Waals surface area (Å²) in [4.78, 5) is 32.9. The van der Waals surface area contributed by atoms with Gasteiger partial charge in [0.15, 0.2) is 11.5 Å². The average Bonchev–Trinajstić information content (AvgIpc) is 3.16. The standard InChI is InChI=1S/C18H15N5O7/c1-29-15-4-2-3-5-16(15)30-14-9-12(8-13(10-14)22(25)26)19-18(24)11-21-7-6-17(20-21)23(27)28/h2-10H,11H2,1H3,(H,19,24). The van der Waals surface area contributed by atoms with Gasteiger partial charge in [-0.15, -0.1) is 0 Å². The lowest BCUT2D eigenvalue weighted by Crippen LogP contribution is -2.19. The fourth-order valence-corrected chi connectivity index (χ4v) is 2.53. The summed E-state index contributed by atoms with van der Waals surface area (Å²) in [6.45, 7) is -0.320. The van der Waals surface area contributed by atoms with E-state index in [0.717, 1.165) is 10.7 Å². The number of ether oxygens (including phenoxy) is 2. The molecule has 2 aromatic carbocycles. The first-order valence-corrected chi connectivity index (χ1v) is 8.44. The monoisotopic (exact) mass is 413 g/mol. The Kier molecular flexibility index (Phi) is 5.86. The highest BCUT2D eigenvalue weighted by atomic mass is 16.6. The van der Waals surface area contributed by atoms with Crippen molar-refractivity contribution in [2.75, 3.05) is 12.4 Å². The third-order valence-electron chi connectivity index (χ3n) is 3.80. The number of methoxy groups -OCH3 is 1. The van der Waals surface area contributed by atoms with E-state index in [1.165, 1.54) is 31.5 Å². The van der Waals surface area contributed by atoms with Crippen molar-refractivity contribution >= 4 is 23.1 Å². The maximum atomic E-state index is 12.2. The SMILES string of the molecule is COc1ccccc1Oc1cc(NC(=O)Cn2ccc([N+](=O)[O-])n2)cc([N+](=O)[O-])c1. The molecule has 0 bridgehead atoms. The number of anilines is 1. The van der Waals surface area contributed by atoms with Gasteiger partial charge in [0.05, 0.1) is 41.1 Å². The number of amides is 1. The van der Waals surface area contributed by atoms with Crippen LogP contribution in [0.25, 0.3) is 0 Å².